The zero-order valence-corrected chi connectivity index (χ0v) is 16.0. The van der Waals surface area contributed by atoms with Crippen molar-refractivity contribution in [3.8, 4) is 11.5 Å². The molecule has 1 amide bonds. The number of nitrogens with zero attached hydrogens (tertiary/aromatic N) is 2. The molecule has 1 saturated heterocycles. The summed E-state index contributed by atoms with van der Waals surface area (Å²) < 4.78 is 16.2. The van der Waals surface area contributed by atoms with Gasteiger partial charge in [-0.1, -0.05) is 24.3 Å². The van der Waals surface area contributed by atoms with Crippen LogP contribution in [-0.2, 0) is 22.5 Å². The van der Waals surface area contributed by atoms with Gasteiger partial charge in [0.1, 0.15) is 0 Å². The van der Waals surface area contributed by atoms with Crippen LogP contribution < -0.4 is 9.47 Å². The standard InChI is InChI=1S/C22H22N2O5/c25-21(20-12-16-3-1-2-4-17(16)22(26)29-20)24-9-7-23(8-10-24)13-15-5-6-18-19(11-15)28-14-27-18/h1-6,11,20H,7-10,12-14H2/t20-/m0/s1. The Morgan fingerprint density at radius 3 is 2.66 bits per heavy atom. The van der Waals surface area contributed by atoms with Crippen molar-refractivity contribution in [2.45, 2.75) is 19.1 Å². The quantitative estimate of drug-likeness (QED) is 0.740. The van der Waals surface area contributed by atoms with Gasteiger partial charge in [-0.05, 0) is 29.3 Å². The van der Waals surface area contributed by atoms with Crippen LogP contribution in [0.15, 0.2) is 42.5 Å². The monoisotopic (exact) mass is 394 g/mol. The highest BCUT2D eigenvalue weighted by molar-refractivity contribution is 5.95. The summed E-state index contributed by atoms with van der Waals surface area (Å²) in [6.07, 6.45) is -0.282. The van der Waals surface area contributed by atoms with Crippen LogP contribution in [0.2, 0.25) is 0 Å². The summed E-state index contributed by atoms with van der Waals surface area (Å²) in [5.41, 5.74) is 2.60. The third-order valence-corrected chi connectivity index (χ3v) is 5.69. The molecule has 7 nitrogen and oxygen atoms in total. The molecule has 2 aromatic carbocycles. The van der Waals surface area contributed by atoms with E-state index in [2.05, 4.69) is 4.90 Å². The van der Waals surface area contributed by atoms with Crippen LogP contribution in [0.3, 0.4) is 0 Å². The number of hydrogen-bond donors (Lipinski definition) is 0. The van der Waals surface area contributed by atoms with Gasteiger partial charge in [0, 0.05) is 39.1 Å². The number of carbonyl (C=O) groups excluding carboxylic acids is 2. The minimum Gasteiger partial charge on any atom is -0.454 e. The summed E-state index contributed by atoms with van der Waals surface area (Å²) in [7, 11) is 0. The highest BCUT2D eigenvalue weighted by atomic mass is 16.7. The molecule has 5 rings (SSSR count). The normalized spacial score (nSPS) is 20.9. The number of benzene rings is 2. The van der Waals surface area contributed by atoms with E-state index in [4.69, 9.17) is 14.2 Å². The van der Waals surface area contributed by atoms with Gasteiger partial charge in [-0.2, -0.15) is 0 Å². The lowest BCUT2D eigenvalue weighted by atomic mass is 9.98. The van der Waals surface area contributed by atoms with Crippen molar-refractivity contribution in [3.05, 3.63) is 59.2 Å². The first-order valence-corrected chi connectivity index (χ1v) is 9.86. The van der Waals surface area contributed by atoms with E-state index in [1.54, 1.807) is 6.07 Å². The van der Waals surface area contributed by atoms with Gasteiger partial charge in [0.25, 0.3) is 5.91 Å². The van der Waals surface area contributed by atoms with Crippen LogP contribution in [0.25, 0.3) is 0 Å². The Morgan fingerprint density at radius 2 is 1.79 bits per heavy atom. The minimum absolute atomic E-state index is 0.101. The van der Waals surface area contributed by atoms with Crippen molar-refractivity contribution in [1.29, 1.82) is 0 Å². The van der Waals surface area contributed by atoms with Gasteiger partial charge in [0.05, 0.1) is 5.56 Å². The van der Waals surface area contributed by atoms with Crippen LogP contribution in [0.1, 0.15) is 21.5 Å². The summed E-state index contributed by atoms with van der Waals surface area (Å²) in [5.74, 6) is 1.06. The predicted molar refractivity (Wildman–Crippen MR) is 104 cm³/mol. The molecule has 0 N–H and O–H groups in total. The van der Waals surface area contributed by atoms with Crippen LogP contribution in [-0.4, -0.2) is 60.8 Å². The van der Waals surface area contributed by atoms with E-state index in [1.807, 2.05) is 41.3 Å². The van der Waals surface area contributed by atoms with Crippen molar-refractivity contribution in [3.63, 3.8) is 0 Å². The van der Waals surface area contributed by atoms with E-state index in [-0.39, 0.29) is 12.7 Å². The molecular formula is C22H22N2O5. The number of fused-ring (bicyclic) bond motifs is 2. The number of cyclic esters (lactones) is 1. The Bertz CT molecular complexity index is 952. The maximum atomic E-state index is 12.9. The molecule has 0 aliphatic carbocycles. The first-order valence-electron chi connectivity index (χ1n) is 9.86. The Balaban J connectivity index is 1.18. The number of hydrogen-bond acceptors (Lipinski definition) is 6. The molecule has 1 fully saturated rings. The van der Waals surface area contributed by atoms with Crippen molar-refractivity contribution in [2.75, 3.05) is 33.0 Å². The molecule has 0 aromatic heterocycles. The number of piperazine rings is 1. The molecular weight excluding hydrogens is 372 g/mol. The fraction of sp³-hybridized carbons (Fsp3) is 0.364. The van der Waals surface area contributed by atoms with Crippen LogP contribution in [0, 0.1) is 0 Å². The van der Waals surface area contributed by atoms with E-state index in [1.165, 1.54) is 0 Å². The molecule has 0 bridgehead atoms. The highest BCUT2D eigenvalue weighted by Gasteiger charge is 2.34. The average molecular weight is 394 g/mol. The Morgan fingerprint density at radius 1 is 1.00 bits per heavy atom. The second-order valence-electron chi connectivity index (χ2n) is 7.54. The number of esters is 1. The topological polar surface area (TPSA) is 68.3 Å². The Kier molecular flexibility index (Phi) is 4.60. The zero-order chi connectivity index (χ0) is 19.8. The number of ether oxygens (including phenoxy) is 3. The molecule has 1 atom stereocenters. The summed E-state index contributed by atoms with van der Waals surface area (Å²) in [6, 6.07) is 13.3. The van der Waals surface area contributed by atoms with Gasteiger partial charge >= 0.3 is 5.97 Å². The van der Waals surface area contributed by atoms with Gasteiger partial charge in [0.2, 0.25) is 6.79 Å². The second kappa shape index (κ2) is 7.40. The van der Waals surface area contributed by atoms with E-state index in [9.17, 15) is 9.59 Å². The van der Waals surface area contributed by atoms with E-state index in [0.717, 1.165) is 42.3 Å². The van der Waals surface area contributed by atoms with Crippen LogP contribution >= 0.6 is 0 Å². The molecule has 3 aliphatic rings. The summed E-state index contributed by atoms with van der Waals surface area (Å²) in [6.45, 7) is 3.87. The fourth-order valence-corrected chi connectivity index (χ4v) is 4.10. The molecule has 29 heavy (non-hydrogen) atoms. The summed E-state index contributed by atoms with van der Waals surface area (Å²) in [5, 5.41) is 0. The molecule has 0 spiro atoms. The lowest BCUT2D eigenvalue weighted by molar-refractivity contribution is -0.142. The Labute approximate surface area is 168 Å². The average Bonchev–Trinajstić information content (AvgIpc) is 3.22. The van der Waals surface area contributed by atoms with Crippen LogP contribution in [0.4, 0.5) is 0 Å². The summed E-state index contributed by atoms with van der Waals surface area (Å²) in [4.78, 5) is 29.2. The van der Waals surface area contributed by atoms with Gasteiger partial charge in [-0.25, -0.2) is 4.79 Å². The SMILES string of the molecule is O=C1O[C@H](C(=O)N2CCN(Cc3ccc4c(c3)OCO4)CC2)Cc2ccccc21. The molecule has 0 unspecified atom stereocenters. The maximum Gasteiger partial charge on any atom is 0.339 e. The van der Waals surface area contributed by atoms with Gasteiger partial charge in [-0.15, -0.1) is 0 Å². The summed E-state index contributed by atoms with van der Waals surface area (Å²) >= 11 is 0. The molecule has 0 radical (unpaired) electrons. The molecule has 2 aromatic rings. The van der Waals surface area contributed by atoms with Gasteiger partial charge < -0.3 is 19.1 Å². The van der Waals surface area contributed by atoms with Crippen molar-refractivity contribution in [1.82, 2.24) is 9.80 Å². The molecule has 3 aliphatic heterocycles. The van der Waals surface area contributed by atoms with E-state index < -0.39 is 12.1 Å². The number of carbonyl (C=O) groups is 2. The van der Waals surface area contributed by atoms with Crippen LogP contribution in [0.5, 0.6) is 11.5 Å². The molecule has 0 saturated carbocycles. The maximum absolute atomic E-state index is 12.9. The predicted octanol–water partition coefficient (Wildman–Crippen LogP) is 1.84. The Hall–Kier alpha value is -3.06. The van der Waals surface area contributed by atoms with Crippen molar-refractivity contribution < 1.29 is 23.8 Å². The number of amides is 1. The first-order chi connectivity index (χ1) is 14.2. The number of rotatable bonds is 3. The largest absolute Gasteiger partial charge is 0.454 e. The third-order valence-electron chi connectivity index (χ3n) is 5.69. The minimum atomic E-state index is -0.724. The first kappa shape index (κ1) is 18.0. The van der Waals surface area contributed by atoms with E-state index in [0.29, 0.717) is 25.1 Å². The molecule has 150 valence electrons. The van der Waals surface area contributed by atoms with E-state index >= 15 is 0 Å². The molecule has 7 heteroatoms. The lowest BCUT2D eigenvalue weighted by Crippen LogP contribution is -2.52. The second-order valence-corrected chi connectivity index (χ2v) is 7.54. The van der Waals surface area contributed by atoms with Crippen molar-refractivity contribution >= 4 is 11.9 Å². The third kappa shape index (κ3) is 3.53. The smallest absolute Gasteiger partial charge is 0.339 e. The zero-order valence-electron chi connectivity index (χ0n) is 16.0. The highest BCUT2D eigenvalue weighted by Crippen LogP contribution is 2.33. The molecule has 3 heterocycles. The fourth-order valence-electron chi connectivity index (χ4n) is 4.10. The van der Waals surface area contributed by atoms with Gasteiger partial charge in [0.15, 0.2) is 17.6 Å². The lowest BCUT2D eigenvalue weighted by Gasteiger charge is -2.37. The van der Waals surface area contributed by atoms with Crippen molar-refractivity contribution in [2.24, 2.45) is 0 Å². The van der Waals surface area contributed by atoms with Gasteiger partial charge in [-0.3, -0.25) is 9.69 Å².